The number of halogens is 4. The van der Waals surface area contributed by atoms with Crippen LogP contribution in [0.4, 0.5) is 13.2 Å². The van der Waals surface area contributed by atoms with Gasteiger partial charge in [0.05, 0.1) is 25.7 Å². The molecule has 0 aromatic heterocycles. The van der Waals surface area contributed by atoms with Gasteiger partial charge in [0.2, 0.25) is 0 Å². The summed E-state index contributed by atoms with van der Waals surface area (Å²) >= 11 is 0. The van der Waals surface area contributed by atoms with E-state index < -0.39 is 12.1 Å². The molecule has 0 bridgehead atoms. The zero-order chi connectivity index (χ0) is 19.2. The van der Waals surface area contributed by atoms with E-state index in [0.29, 0.717) is 37.4 Å². The average Bonchev–Trinajstić information content (AvgIpc) is 2.59. The minimum Gasteiger partial charge on any atom is -0.379 e. The molecule has 1 saturated carbocycles. The number of hydrogen-bond donors (Lipinski definition) is 2. The van der Waals surface area contributed by atoms with Crippen LogP contribution in [0.5, 0.6) is 0 Å². The summed E-state index contributed by atoms with van der Waals surface area (Å²) in [5.74, 6) is -0.446. The second kappa shape index (κ2) is 11.6. The largest absolute Gasteiger partial charge is 0.391 e. The Morgan fingerprint density at radius 1 is 1.26 bits per heavy atom. The first kappa shape index (κ1) is 24.7. The second-order valence-corrected chi connectivity index (χ2v) is 7.46. The van der Waals surface area contributed by atoms with Crippen LogP contribution in [0.15, 0.2) is 4.99 Å². The predicted molar refractivity (Wildman–Crippen MR) is 113 cm³/mol. The van der Waals surface area contributed by atoms with E-state index in [1.165, 1.54) is 0 Å². The van der Waals surface area contributed by atoms with Crippen molar-refractivity contribution in [3.63, 3.8) is 0 Å². The lowest BCUT2D eigenvalue weighted by Crippen LogP contribution is -2.50. The highest BCUT2D eigenvalue weighted by Crippen LogP contribution is 2.37. The van der Waals surface area contributed by atoms with Gasteiger partial charge < -0.3 is 15.4 Å². The lowest BCUT2D eigenvalue weighted by Gasteiger charge is -2.37. The Morgan fingerprint density at radius 3 is 2.48 bits per heavy atom. The maximum absolute atomic E-state index is 12.8. The monoisotopic (exact) mass is 506 g/mol. The Bertz CT molecular complexity index is 456. The number of nitrogens with one attached hydrogen (secondary N) is 2. The quantitative estimate of drug-likeness (QED) is 0.341. The van der Waals surface area contributed by atoms with Crippen molar-refractivity contribution in [2.45, 2.75) is 70.8 Å². The molecular formula is C18H34F3IN4O. The summed E-state index contributed by atoms with van der Waals surface area (Å²) in [6.45, 7) is 10.1. The highest BCUT2D eigenvalue weighted by atomic mass is 127. The van der Waals surface area contributed by atoms with Gasteiger partial charge in [0.1, 0.15) is 0 Å². The van der Waals surface area contributed by atoms with E-state index in [9.17, 15) is 13.2 Å². The van der Waals surface area contributed by atoms with Gasteiger partial charge in [-0.15, -0.1) is 24.0 Å². The van der Waals surface area contributed by atoms with E-state index in [1.54, 1.807) is 0 Å². The molecule has 0 aromatic carbocycles. The van der Waals surface area contributed by atoms with Gasteiger partial charge in [-0.2, -0.15) is 13.2 Å². The maximum Gasteiger partial charge on any atom is 0.391 e. The molecule has 1 saturated heterocycles. The number of aliphatic imine (C=N–C) groups is 1. The molecule has 0 radical (unpaired) electrons. The Balaban J connectivity index is 0.00000364. The van der Waals surface area contributed by atoms with Gasteiger partial charge in [-0.05, 0) is 46.5 Å². The Kier molecular flexibility index (Phi) is 10.7. The summed E-state index contributed by atoms with van der Waals surface area (Å²) < 4.78 is 43.9. The van der Waals surface area contributed by atoms with Crippen LogP contribution in [0.3, 0.4) is 0 Å². The van der Waals surface area contributed by atoms with E-state index in [1.807, 2.05) is 6.92 Å². The van der Waals surface area contributed by atoms with E-state index in [4.69, 9.17) is 4.74 Å². The molecule has 5 nitrogen and oxygen atoms in total. The number of hydrogen-bond acceptors (Lipinski definition) is 3. The van der Waals surface area contributed by atoms with Crippen molar-refractivity contribution in [1.29, 1.82) is 0 Å². The van der Waals surface area contributed by atoms with Crippen molar-refractivity contribution in [2.24, 2.45) is 10.9 Å². The van der Waals surface area contributed by atoms with Crippen molar-refractivity contribution in [2.75, 3.05) is 32.8 Å². The zero-order valence-electron chi connectivity index (χ0n) is 16.5. The molecule has 9 heteroatoms. The number of nitrogens with zero attached hydrogens (tertiary/aromatic N) is 2. The SMILES string of the molecule is CCNC(=NCC(C)N1CCOCC1C)NC1CCC(C(F)(F)F)CC1.I. The average molecular weight is 506 g/mol. The number of ether oxygens (including phenoxy) is 1. The normalized spacial score (nSPS) is 29.0. The predicted octanol–water partition coefficient (Wildman–Crippen LogP) is 3.39. The lowest BCUT2D eigenvalue weighted by atomic mass is 9.85. The third-order valence-corrected chi connectivity index (χ3v) is 5.37. The number of morpholine rings is 1. The first-order valence-electron chi connectivity index (χ1n) is 9.76. The van der Waals surface area contributed by atoms with Crippen LogP contribution in [0, 0.1) is 5.92 Å². The molecule has 160 valence electrons. The molecule has 2 rings (SSSR count). The molecule has 0 aromatic rings. The smallest absolute Gasteiger partial charge is 0.379 e. The van der Waals surface area contributed by atoms with Crippen LogP contribution in [0.2, 0.25) is 0 Å². The van der Waals surface area contributed by atoms with Gasteiger partial charge in [0, 0.05) is 31.2 Å². The van der Waals surface area contributed by atoms with Crippen molar-refractivity contribution < 1.29 is 17.9 Å². The Labute approximate surface area is 177 Å². The summed E-state index contributed by atoms with van der Waals surface area (Å²) in [4.78, 5) is 7.07. The zero-order valence-corrected chi connectivity index (χ0v) is 18.8. The van der Waals surface area contributed by atoms with Gasteiger partial charge in [-0.3, -0.25) is 9.89 Å². The third kappa shape index (κ3) is 7.92. The fourth-order valence-corrected chi connectivity index (χ4v) is 3.80. The van der Waals surface area contributed by atoms with Gasteiger partial charge in [-0.25, -0.2) is 0 Å². The van der Waals surface area contributed by atoms with Gasteiger partial charge in [0.15, 0.2) is 5.96 Å². The summed E-state index contributed by atoms with van der Waals surface area (Å²) in [6, 6.07) is 0.733. The fourth-order valence-electron chi connectivity index (χ4n) is 3.80. The number of rotatable bonds is 5. The standard InChI is InChI=1S/C18H33F3N4O.HI/c1-4-22-17(23-11-13(2)25-9-10-26-12-14(25)3)24-16-7-5-15(6-8-16)18(19,20)21;/h13-16H,4-12H2,1-3H3,(H2,22,23,24);1H. The minimum absolute atomic E-state index is 0. The van der Waals surface area contributed by atoms with Gasteiger partial charge in [-0.1, -0.05) is 0 Å². The molecule has 2 unspecified atom stereocenters. The highest BCUT2D eigenvalue weighted by molar-refractivity contribution is 14.0. The Hall–Kier alpha value is -0.290. The van der Waals surface area contributed by atoms with Gasteiger partial charge >= 0.3 is 6.18 Å². The van der Waals surface area contributed by atoms with Crippen LogP contribution in [-0.2, 0) is 4.74 Å². The summed E-state index contributed by atoms with van der Waals surface area (Å²) in [5.41, 5.74) is 0. The second-order valence-electron chi connectivity index (χ2n) is 7.46. The molecule has 2 aliphatic rings. The summed E-state index contributed by atoms with van der Waals surface area (Å²) in [7, 11) is 0. The first-order chi connectivity index (χ1) is 12.3. The number of guanidine groups is 1. The maximum atomic E-state index is 12.8. The molecule has 1 heterocycles. The van der Waals surface area contributed by atoms with Crippen LogP contribution >= 0.6 is 24.0 Å². The van der Waals surface area contributed by atoms with Crippen LogP contribution in [0.1, 0.15) is 46.5 Å². The van der Waals surface area contributed by atoms with E-state index in [-0.39, 0.29) is 42.9 Å². The summed E-state index contributed by atoms with van der Waals surface area (Å²) in [6.07, 6.45) is -2.60. The molecule has 2 N–H and O–H groups in total. The van der Waals surface area contributed by atoms with Crippen molar-refractivity contribution >= 4 is 29.9 Å². The van der Waals surface area contributed by atoms with Gasteiger partial charge in [0.25, 0.3) is 0 Å². The van der Waals surface area contributed by atoms with Crippen LogP contribution in [0.25, 0.3) is 0 Å². The molecule has 1 aliphatic heterocycles. The highest BCUT2D eigenvalue weighted by Gasteiger charge is 2.41. The van der Waals surface area contributed by atoms with Crippen LogP contribution < -0.4 is 10.6 Å². The fraction of sp³-hybridized carbons (Fsp3) is 0.944. The van der Waals surface area contributed by atoms with E-state index in [2.05, 4.69) is 34.4 Å². The van der Waals surface area contributed by atoms with E-state index in [0.717, 1.165) is 26.3 Å². The molecule has 27 heavy (non-hydrogen) atoms. The molecule has 1 aliphatic carbocycles. The van der Waals surface area contributed by atoms with Crippen LogP contribution in [-0.4, -0.2) is 68.0 Å². The molecule has 0 spiro atoms. The molecule has 0 amide bonds. The van der Waals surface area contributed by atoms with E-state index >= 15 is 0 Å². The molecule has 2 atom stereocenters. The molecule has 2 fully saturated rings. The topological polar surface area (TPSA) is 48.9 Å². The third-order valence-electron chi connectivity index (χ3n) is 5.37. The van der Waals surface area contributed by atoms with Crippen molar-refractivity contribution in [1.82, 2.24) is 15.5 Å². The summed E-state index contributed by atoms with van der Waals surface area (Å²) in [5, 5.41) is 6.54. The molecular weight excluding hydrogens is 472 g/mol. The first-order valence-corrected chi connectivity index (χ1v) is 9.76. The van der Waals surface area contributed by atoms with Crippen molar-refractivity contribution in [3.05, 3.63) is 0 Å². The Morgan fingerprint density at radius 2 is 1.93 bits per heavy atom. The van der Waals surface area contributed by atoms with Crippen molar-refractivity contribution in [3.8, 4) is 0 Å². The lowest BCUT2D eigenvalue weighted by molar-refractivity contribution is -0.182. The number of alkyl halides is 3. The minimum atomic E-state index is -4.06.